The summed E-state index contributed by atoms with van der Waals surface area (Å²) >= 11 is 3.58. The molecule has 0 aliphatic heterocycles. The molecule has 0 spiro atoms. The van der Waals surface area contributed by atoms with Crippen LogP contribution in [0.1, 0.15) is 25.7 Å². The molecule has 1 aromatic carbocycles. The lowest BCUT2D eigenvalue weighted by atomic mass is 9.80. The van der Waals surface area contributed by atoms with Crippen LogP contribution in [-0.4, -0.2) is 18.1 Å². The minimum atomic E-state index is 0.563. The van der Waals surface area contributed by atoms with Gasteiger partial charge in [-0.3, -0.25) is 0 Å². The normalized spacial score (nSPS) is 22.4. The Morgan fingerprint density at radius 3 is 2.76 bits per heavy atom. The monoisotopic (exact) mass is 348 g/mol. The van der Waals surface area contributed by atoms with Crippen molar-refractivity contribution >= 4 is 26.7 Å². The summed E-state index contributed by atoms with van der Waals surface area (Å²) < 4.78 is 7.13. The van der Waals surface area contributed by atoms with Crippen LogP contribution in [0.2, 0.25) is 0 Å². The SMILES string of the molecule is NCC1CCCCC1COc1nccc2c(Br)cccc12. The molecule has 3 nitrogen and oxygen atoms in total. The largest absolute Gasteiger partial charge is 0.477 e. The summed E-state index contributed by atoms with van der Waals surface area (Å²) in [5.41, 5.74) is 5.90. The van der Waals surface area contributed by atoms with Crippen LogP contribution in [0.25, 0.3) is 10.8 Å². The summed E-state index contributed by atoms with van der Waals surface area (Å²) in [4.78, 5) is 4.41. The van der Waals surface area contributed by atoms with Gasteiger partial charge >= 0.3 is 0 Å². The molecule has 4 heteroatoms. The zero-order valence-electron chi connectivity index (χ0n) is 12.1. The smallest absolute Gasteiger partial charge is 0.221 e. The van der Waals surface area contributed by atoms with Crippen LogP contribution >= 0.6 is 15.9 Å². The molecule has 1 aliphatic carbocycles. The zero-order valence-corrected chi connectivity index (χ0v) is 13.7. The van der Waals surface area contributed by atoms with Gasteiger partial charge in [-0.1, -0.05) is 34.8 Å². The lowest BCUT2D eigenvalue weighted by Gasteiger charge is -2.30. The van der Waals surface area contributed by atoms with Gasteiger partial charge in [-0.15, -0.1) is 0 Å². The van der Waals surface area contributed by atoms with Crippen molar-refractivity contribution in [3.63, 3.8) is 0 Å². The molecule has 2 atom stereocenters. The maximum atomic E-state index is 6.06. The Labute approximate surface area is 134 Å². The average Bonchev–Trinajstić information content (AvgIpc) is 2.53. The van der Waals surface area contributed by atoms with Crippen LogP contribution in [0.5, 0.6) is 5.88 Å². The lowest BCUT2D eigenvalue weighted by molar-refractivity contribution is 0.151. The molecule has 1 aliphatic rings. The molecule has 1 heterocycles. The molecule has 2 aromatic rings. The van der Waals surface area contributed by atoms with Crippen LogP contribution in [0.3, 0.4) is 0 Å². The van der Waals surface area contributed by atoms with Crippen molar-refractivity contribution in [2.75, 3.05) is 13.2 Å². The summed E-state index contributed by atoms with van der Waals surface area (Å²) in [5.74, 6) is 1.89. The first-order chi connectivity index (χ1) is 10.3. The molecule has 3 rings (SSSR count). The van der Waals surface area contributed by atoms with Crippen molar-refractivity contribution in [3.8, 4) is 5.88 Å². The molecule has 21 heavy (non-hydrogen) atoms. The van der Waals surface area contributed by atoms with Crippen LogP contribution in [0.15, 0.2) is 34.9 Å². The predicted octanol–water partition coefficient (Wildman–Crippen LogP) is 4.14. The Bertz CT molecular complexity index is 617. The molecule has 2 unspecified atom stereocenters. The standard InChI is InChI=1S/C17H21BrN2O/c18-16-7-3-6-15-14(16)8-9-20-17(15)21-11-13-5-2-1-4-12(13)10-19/h3,6-9,12-13H,1-2,4-5,10-11,19H2. The van der Waals surface area contributed by atoms with E-state index in [0.717, 1.165) is 34.3 Å². The highest BCUT2D eigenvalue weighted by atomic mass is 79.9. The van der Waals surface area contributed by atoms with E-state index in [4.69, 9.17) is 10.5 Å². The van der Waals surface area contributed by atoms with E-state index in [0.29, 0.717) is 11.8 Å². The van der Waals surface area contributed by atoms with Crippen molar-refractivity contribution in [1.82, 2.24) is 4.98 Å². The van der Waals surface area contributed by atoms with E-state index in [1.807, 2.05) is 24.4 Å². The minimum absolute atomic E-state index is 0.563. The third-order valence-electron chi connectivity index (χ3n) is 4.52. The molecule has 1 saturated carbocycles. The van der Waals surface area contributed by atoms with E-state index >= 15 is 0 Å². The van der Waals surface area contributed by atoms with E-state index in [9.17, 15) is 0 Å². The number of pyridine rings is 1. The summed E-state index contributed by atoms with van der Waals surface area (Å²) in [7, 11) is 0. The molecule has 1 fully saturated rings. The summed E-state index contributed by atoms with van der Waals surface area (Å²) in [5, 5.41) is 2.20. The molecular formula is C17H21BrN2O. The highest BCUT2D eigenvalue weighted by molar-refractivity contribution is 9.10. The maximum absolute atomic E-state index is 6.06. The Kier molecular flexibility index (Phi) is 4.76. The van der Waals surface area contributed by atoms with E-state index in [-0.39, 0.29) is 0 Å². The molecule has 2 N–H and O–H groups in total. The van der Waals surface area contributed by atoms with Gasteiger partial charge in [0.05, 0.1) is 6.61 Å². The Morgan fingerprint density at radius 1 is 1.14 bits per heavy atom. The zero-order chi connectivity index (χ0) is 14.7. The van der Waals surface area contributed by atoms with Gasteiger partial charge in [-0.2, -0.15) is 0 Å². The first-order valence-corrected chi connectivity index (χ1v) is 8.45. The summed E-state index contributed by atoms with van der Waals surface area (Å²) in [6, 6.07) is 8.13. The number of rotatable bonds is 4. The number of hydrogen-bond acceptors (Lipinski definition) is 3. The van der Waals surface area contributed by atoms with E-state index < -0.39 is 0 Å². The number of ether oxygens (including phenoxy) is 1. The fourth-order valence-corrected chi connectivity index (χ4v) is 3.76. The second-order valence-corrected chi connectivity index (χ2v) is 6.66. The number of halogens is 1. The van der Waals surface area contributed by atoms with Crippen LogP contribution in [0.4, 0.5) is 0 Å². The number of nitrogens with zero attached hydrogens (tertiary/aromatic N) is 1. The number of fused-ring (bicyclic) bond motifs is 1. The number of benzene rings is 1. The number of hydrogen-bond donors (Lipinski definition) is 1. The Morgan fingerprint density at radius 2 is 1.95 bits per heavy atom. The van der Waals surface area contributed by atoms with E-state index in [1.165, 1.54) is 25.7 Å². The van der Waals surface area contributed by atoms with Gasteiger partial charge in [0.15, 0.2) is 0 Å². The van der Waals surface area contributed by atoms with Crippen LogP contribution in [0, 0.1) is 11.8 Å². The first kappa shape index (κ1) is 14.8. The van der Waals surface area contributed by atoms with Crippen molar-refractivity contribution < 1.29 is 4.74 Å². The fraction of sp³-hybridized carbons (Fsp3) is 0.471. The number of aromatic nitrogens is 1. The summed E-state index contributed by atoms with van der Waals surface area (Å²) in [6.45, 7) is 1.49. The summed E-state index contributed by atoms with van der Waals surface area (Å²) in [6.07, 6.45) is 6.86. The molecule has 0 radical (unpaired) electrons. The van der Waals surface area contributed by atoms with Gasteiger partial charge < -0.3 is 10.5 Å². The van der Waals surface area contributed by atoms with Gasteiger partial charge in [0.25, 0.3) is 0 Å². The maximum Gasteiger partial charge on any atom is 0.221 e. The topological polar surface area (TPSA) is 48.1 Å². The number of nitrogens with two attached hydrogens (primary N) is 1. The molecule has 0 bridgehead atoms. The van der Waals surface area contributed by atoms with E-state index in [1.54, 1.807) is 0 Å². The quantitative estimate of drug-likeness (QED) is 0.902. The molecule has 0 saturated heterocycles. The van der Waals surface area contributed by atoms with Gasteiger partial charge in [0.2, 0.25) is 5.88 Å². The van der Waals surface area contributed by atoms with Crippen LogP contribution < -0.4 is 10.5 Å². The predicted molar refractivity (Wildman–Crippen MR) is 89.4 cm³/mol. The molecule has 1 aromatic heterocycles. The third kappa shape index (κ3) is 3.22. The molecule has 0 amide bonds. The van der Waals surface area contributed by atoms with Gasteiger partial charge in [-0.25, -0.2) is 4.98 Å². The van der Waals surface area contributed by atoms with Crippen molar-refractivity contribution in [2.45, 2.75) is 25.7 Å². The van der Waals surface area contributed by atoms with Crippen LogP contribution in [-0.2, 0) is 0 Å². The Hall–Kier alpha value is -1.13. The van der Waals surface area contributed by atoms with Gasteiger partial charge in [-0.05, 0) is 49.4 Å². The van der Waals surface area contributed by atoms with Crippen molar-refractivity contribution in [1.29, 1.82) is 0 Å². The third-order valence-corrected chi connectivity index (χ3v) is 5.21. The molecule has 112 valence electrons. The Balaban J connectivity index is 1.77. The second kappa shape index (κ2) is 6.75. The average molecular weight is 349 g/mol. The van der Waals surface area contributed by atoms with Gasteiger partial charge in [0.1, 0.15) is 0 Å². The highest BCUT2D eigenvalue weighted by Crippen LogP contribution is 2.32. The van der Waals surface area contributed by atoms with Crippen molar-refractivity contribution in [2.24, 2.45) is 17.6 Å². The van der Waals surface area contributed by atoms with Crippen molar-refractivity contribution in [3.05, 3.63) is 34.9 Å². The second-order valence-electron chi connectivity index (χ2n) is 5.80. The van der Waals surface area contributed by atoms with E-state index in [2.05, 4.69) is 27.0 Å². The fourth-order valence-electron chi connectivity index (χ4n) is 3.26. The first-order valence-electron chi connectivity index (χ1n) is 7.65. The van der Waals surface area contributed by atoms with Gasteiger partial charge in [0, 0.05) is 21.4 Å². The lowest BCUT2D eigenvalue weighted by Crippen LogP contribution is -2.30. The molecular weight excluding hydrogens is 328 g/mol. The minimum Gasteiger partial charge on any atom is -0.477 e. The highest BCUT2D eigenvalue weighted by Gasteiger charge is 2.24.